The van der Waals surface area contributed by atoms with Gasteiger partial charge in [-0.25, -0.2) is 0 Å². The van der Waals surface area contributed by atoms with Crippen molar-refractivity contribution in [1.29, 1.82) is 0 Å². The Morgan fingerprint density at radius 1 is 1.39 bits per heavy atom. The molecule has 0 amide bonds. The molecule has 1 N–H and O–H groups in total. The Morgan fingerprint density at radius 3 is 2.61 bits per heavy atom. The second kappa shape index (κ2) is 7.14. The number of thiophene rings is 1. The summed E-state index contributed by atoms with van der Waals surface area (Å²) in [5, 5.41) is 5.42. The molecule has 104 valence electrons. The first kappa shape index (κ1) is 15.5. The van der Waals surface area contributed by atoms with Gasteiger partial charge in [-0.1, -0.05) is 13.0 Å². The van der Waals surface area contributed by atoms with Gasteiger partial charge in [-0.3, -0.25) is 0 Å². The molecule has 0 aliphatic heterocycles. The molecule has 18 heavy (non-hydrogen) atoms. The monoisotopic (exact) mass is 279 g/mol. The van der Waals surface area contributed by atoms with E-state index in [9.17, 15) is 13.2 Å². The second-order valence-corrected chi connectivity index (χ2v) is 5.53. The minimum atomic E-state index is -4.03. The van der Waals surface area contributed by atoms with E-state index >= 15 is 0 Å². The molecule has 1 rings (SSSR count). The molecule has 1 heterocycles. The Bertz CT molecular complexity index is 321. The van der Waals surface area contributed by atoms with Crippen LogP contribution in [0.4, 0.5) is 13.2 Å². The third kappa shape index (κ3) is 5.87. The zero-order chi connectivity index (χ0) is 13.6. The highest BCUT2D eigenvalue weighted by Gasteiger charge is 2.26. The van der Waals surface area contributed by atoms with Crippen LogP contribution in [0.15, 0.2) is 17.5 Å². The molecule has 0 aromatic carbocycles. The molecule has 0 fully saturated rings. The third-order valence-corrected chi connectivity index (χ3v) is 3.86. The lowest BCUT2D eigenvalue weighted by Gasteiger charge is -2.21. The normalized spacial score (nSPS) is 15.6. The van der Waals surface area contributed by atoms with Crippen molar-refractivity contribution in [3.8, 4) is 0 Å². The van der Waals surface area contributed by atoms with E-state index in [1.807, 2.05) is 18.4 Å². The Hall–Kier alpha value is -0.550. The van der Waals surface area contributed by atoms with E-state index < -0.39 is 12.6 Å². The molecule has 0 aliphatic rings. The quantitative estimate of drug-likeness (QED) is 0.747. The lowest BCUT2D eigenvalue weighted by atomic mass is 10.1. The van der Waals surface area contributed by atoms with E-state index in [4.69, 9.17) is 0 Å². The van der Waals surface area contributed by atoms with Crippen molar-refractivity contribution in [2.45, 2.75) is 57.8 Å². The van der Waals surface area contributed by atoms with Crippen LogP contribution in [0.2, 0.25) is 0 Å². The van der Waals surface area contributed by atoms with Crippen molar-refractivity contribution < 1.29 is 13.2 Å². The lowest BCUT2D eigenvalue weighted by molar-refractivity contribution is -0.135. The van der Waals surface area contributed by atoms with E-state index in [0.717, 1.165) is 6.42 Å². The van der Waals surface area contributed by atoms with Crippen LogP contribution < -0.4 is 5.32 Å². The Kier molecular flexibility index (Phi) is 6.15. The van der Waals surface area contributed by atoms with Crippen LogP contribution in [0.25, 0.3) is 0 Å². The molecule has 2 atom stereocenters. The summed E-state index contributed by atoms with van der Waals surface area (Å²) in [5.74, 6) is 0. The van der Waals surface area contributed by atoms with Gasteiger partial charge in [0.15, 0.2) is 0 Å². The fourth-order valence-corrected chi connectivity index (χ4v) is 2.80. The Balaban J connectivity index is 2.32. The first-order valence-corrected chi connectivity index (χ1v) is 7.16. The second-order valence-electron chi connectivity index (χ2n) is 4.55. The highest BCUT2D eigenvalue weighted by Crippen LogP contribution is 2.25. The van der Waals surface area contributed by atoms with Crippen LogP contribution in [0, 0.1) is 0 Å². The fourth-order valence-electron chi connectivity index (χ4n) is 1.93. The van der Waals surface area contributed by atoms with Crippen molar-refractivity contribution in [2.75, 3.05) is 0 Å². The molecule has 2 unspecified atom stereocenters. The highest BCUT2D eigenvalue weighted by molar-refractivity contribution is 7.10. The van der Waals surface area contributed by atoms with Crippen molar-refractivity contribution >= 4 is 11.3 Å². The summed E-state index contributed by atoms with van der Waals surface area (Å²) in [6, 6.07) is 4.43. The van der Waals surface area contributed by atoms with E-state index in [2.05, 4.69) is 18.3 Å². The van der Waals surface area contributed by atoms with Gasteiger partial charge in [0.25, 0.3) is 0 Å². The largest absolute Gasteiger partial charge is 0.389 e. The van der Waals surface area contributed by atoms with Crippen LogP contribution in [0.5, 0.6) is 0 Å². The SMILES string of the molecule is CCC(NC(C)CCCC(F)(F)F)c1cccs1. The average molecular weight is 279 g/mol. The minimum absolute atomic E-state index is 0.111. The number of alkyl halides is 3. The van der Waals surface area contributed by atoms with Crippen molar-refractivity contribution in [2.24, 2.45) is 0 Å². The zero-order valence-electron chi connectivity index (χ0n) is 10.8. The maximum Gasteiger partial charge on any atom is 0.389 e. The standard InChI is InChI=1S/C13H20F3NS/c1-3-11(12-7-5-9-18-12)17-10(2)6-4-8-13(14,15)16/h5,7,9-11,17H,3-4,6,8H2,1-2H3. The van der Waals surface area contributed by atoms with Crippen LogP contribution in [-0.2, 0) is 0 Å². The molecule has 0 radical (unpaired) electrons. The summed E-state index contributed by atoms with van der Waals surface area (Å²) in [6.07, 6.45) is -3.02. The summed E-state index contributed by atoms with van der Waals surface area (Å²) >= 11 is 1.68. The Labute approximate surface area is 110 Å². The average Bonchev–Trinajstić information content (AvgIpc) is 2.77. The molecule has 1 nitrogen and oxygen atoms in total. The number of hydrogen-bond donors (Lipinski definition) is 1. The third-order valence-electron chi connectivity index (χ3n) is 2.88. The van der Waals surface area contributed by atoms with Crippen LogP contribution in [-0.4, -0.2) is 12.2 Å². The predicted octanol–water partition coefficient (Wildman–Crippen LogP) is 4.91. The van der Waals surface area contributed by atoms with E-state index in [1.165, 1.54) is 4.88 Å². The number of rotatable bonds is 7. The van der Waals surface area contributed by atoms with Crippen LogP contribution in [0.3, 0.4) is 0 Å². The van der Waals surface area contributed by atoms with Crippen molar-refractivity contribution in [3.05, 3.63) is 22.4 Å². The molecule has 0 bridgehead atoms. The molecule has 1 aromatic rings. The van der Waals surface area contributed by atoms with Gasteiger partial charge in [0.05, 0.1) is 0 Å². The summed E-state index contributed by atoms with van der Waals surface area (Å²) in [4.78, 5) is 1.25. The molecule has 5 heteroatoms. The van der Waals surface area contributed by atoms with Gasteiger partial charge < -0.3 is 5.32 Å². The number of hydrogen-bond acceptors (Lipinski definition) is 2. The lowest BCUT2D eigenvalue weighted by Crippen LogP contribution is -2.30. The maximum atomic E-state index is 12.0. The zero-order valence-corrected chi connectivity index (χ0v) is 11.6. The summed E-state index contributed by atoms with van der Waals surface area (Å²) in [6.45, 7) is 4.03. The van der Waals surface area contributed by atoms with Crippen molar-refractivity contribution in [3.63, 3.8) is 0 Å². The summed E-state index contributed by atoms with van der Waals surface area (Å²) in [5.41, 5.74) is 0. The highest BCUT2D eigenvalue weighted by atomic mass is 32.1. The topological polar surface area (TPSA) is 12.0 Å². The fraction of sp³-hybridized carbons (Fsp3) is 0.692. The minimum Gasteiger partial charge on any atom is -0.307 e. The van der Waals surface area contributed by atoms with Gasteiger partial charge in [0.1, 0.15) is 0 Å². The van der Waals surface area contributed by atoms with Crippen LogP contribution >= 0.6 is 11.3 Å². The number of nitrogens with one attached hydrogen (secondary N) is 1. The first-order chi connectivity index (χ1) is 8.42. The molecular formula is C13H20F3NS. The van der Waals surface area contributed by atoms with E-state index in [1.54, 1.807) is 11.3 Å². The van der Waals surface area contributed by atoms with Crippen molar-refractivity contribution in [1.82, 2.24) is 5.32 Å². The van der Waals surface area contributed by atoms with Crippen LogP contribution in [0.1, 0.15) is 50.4 Å². The maximum absolute atomic E-state index is 12.0. The molecule has 0 saturated heterocycles. The summed E-state index contributed by atoms with van der Waals surface area (Å²) in [7, 11) is 0. The summed E-state index contributed by atoms with van der Waals surface area (Å²) < 4.78 is 36.1. The Morgan fingerprint density at radius 2 is 2.11 bits per heavy atom. The first-order valence-electron chi connectivity index (χ1n) is 6.28. The molecule has 0 aliphatic carbocycles. The molecule has 1 aromatic heterocycles. The van der Waals surface area contributed by atoms with Gasteiger partial charge in [0.2, 0.25) is 0 Å². The van der Waals surface area contributed by atoms with Gasteiger partial charge in [-0.15, -0.1) is 11.3 Å². The van der Waals surface area contributed by atoms with Gasteiger partial charge >= 0.3 is 6.18 Å². The number of halogens is 3. The smallest absolute Gasteiger partial charge is 0.307 e. The molecular weight excluding hydrogens is 259 g/mol. The van der Waals surface area contributed by atoms with Gasteiger partial charge in [-0.2, -0.15) is 13.2 Å². The molecule has 0 spiro atoms. The molecule has 0 saturated carbocycles. The van der Waals surface area contributed by atoms with Gasteiger partial charge in [-0.05, 0) is 37.6 Å². The van der Waals surface area contributed by atoms with Gasteiger partial charge in [0, 0.05) is 23.4 Å². The predicted molar refractivity (Wildman–Crippen MR) is 69.9 cm³/mol. The van der Waals surface area contributed by atoms with E-state index in [-0.39, 0.29) is 18.5 Å². The van der Waals surface area contributed by atoms with E-state index in [0.29, 0.717) is 6.42 Å².